The Morgan fingerprint density at radius 2 is 1.76 bits per heavy atom. The van der Waals surface area contributed by atoms with E-state index >= 15 is 0 Å². The summed E-state index contributed by atoms with van der Waals surface area (Å²) in [7, 11) is 0. The van der Waals surface area contributed by atoms with Crippen LogP contribution in [0.3, 0.4) is 0 Å². The van der Waals surface area contributed by atoms with Crippen LogP contribution >= 0.6 is 11.6 Å². The first-order chi connectivity index (χ1) is 14.1. The highest BCUT2D eigenvalue weighted by Gasteiger charge is 2.11. The maximum atomic E-state index is 12.4. The molecular weight excluding hydrogens is 384 g/mol. The third kappa shape index (κ3) is 8.01. The van der Waals surface area contributed by atoms with Gasteiger partial charge < -0.3 is 10.1 Å². The Kier molecular flexibility index (Phi) is 9.82. The van der Waals surface area contributed by atoms with Crippen LogP contribution in [0, 0.1) is 11.3 Å². The second-order valence-corrected chi connectivity index (χ2v) is 7.20. The van der Waals surface area contributed by atoms with Crippen LogP contribution in [0.15, 0.2) is 54.1 Å². The molecular formula is C24H27ClN2O2. The lowest BCUT2D eigenvalue weighted by molar-refractivity contribution is -0.112. The van der Waals surface area contributed by atoms with Gasteiger partial charge in [-0.3, -0.25) is 4.79 Å². The molecule has 0 aliphatic rings. The Hall–Kier alpha value is -2.77. The quantitative estimate of drug-likeness (QED) is 0.257. The number of ether oxygens (including phenoxy) is 1. The van der Waals surface area contributed by atoms with Gasteiger partial charge in [-0.15, -0.1) is 0 Å². The molecule has 2 aromatic carbocycles. The molecule has 0 fully saturated rings. The van der Waals surface area contributed by atoms with Crippen molar-refractivity contribution in [1.29, 1.82) is 5.26 Å². The molecule has 0 aromatic heterocycles. The van der Waals surface area contributed by atoms with E-state index in [4.69, 9.17) is 16.3 Å². The summed E-state index contributed by atoms with van der Waals surface area (Å²) in [6.45, 7) is 2.91. The third-order valence-electron chi connectivity index (χ3n) is 4.44. The summed E-state index contributed by atoms with van der Waals surface area (Å²) in [5.41, 5.74) is 1.23. The maximum absolute atomic E-state index is 12.4. The summed E-state index contributed by atoms with van der Waals surface area (Å²) < 4.78 is 5.76. The van der Waals surface area contributed by atoms with Crippen LogP contribution in [-0.4, -0.2) is 12.5 Å². The lowest BCUT2D eigenvalue weighted by atomic mass is 10.1. The molecule has 0 aliphatic carbocycles. The van der Waals surface area contributed by atoms with Crippen LogP contribution in [0.2, 0.25) is 5.02 Å². The van der Waals surface area contributed by atoms with E-state index in [0.29, 0.717) is 17.3 Å². The van der Waals surface area contributed by atoms with Crippen LogP contribution in [0.25, 0.3) is 6.08 Å². The van der Waals surface area contributed by atoms with E-state index in [0.717, 1.165) is 17.7 Å². The van der Waals surface area contributed by atoms with E-state index < -0.39 is 5.91 Å². The number of rotatable bonds is 11. The molecule has 0 atom stereocenters. The van der Waals surface area contributed by atoms with Crippen LogP contribution < -0.4 is 10.1 Å². The molecule has 2 aromatic rings. The molecule has 29 heavy (non-hydrogen) atoms. The van der Waals surface area contributed by atoms with Crippen LogP contribution in [0.4, 0.5) is 5.69 Å². The Bertz CT molecular complexity index is 854. The standard InChI is InChI=1S/C24H27ClN2O2/c1-2-3-4-5-6-9-16-29-21-14-12-19(13-15-21)17-20(18-26)24(28)27-23-11-8-7-10-22(23)25/h7-8,10-15,17H,2-6,9,16H2,1H3,(H,27,28)/b20-17+. The van der Waals surface area contributed by atoms with Gasteiger partial charge in [0.05, 0.1) is 17.3 Å². The van der Waals surface area contributed by atoms with Crippen molar-refractivity contribution in [2.24, 2.45) is 0 Å². The molecule has 4 nitrogen and oxygen atoms in total. The molecule has 1 N–H and O–H groups in total. The second-order valence-electron chi connectivity index (χ2n) is 6.79. The second kappa shape index (κ2) is 12.6. The van der Waals surface area contributed by atoms with E-state index in [2.05, 4.69) is 12.2 Å². The van der Waals surface area contributed by atoms with Gasteiger partial charge in [-0.05, 0) is 42.3 Å². The lowest BCUT2D eigenvalue weighted by Gasteiger charge is -2.07. The van der Waals surface area contributed by atoms with Gasteiger partial charge in [0.1, 0.15) is 17.4 Å². The first-order valence-electron chi connectivity index (χ1n) is 10.0. The van der Waals surface area contributed by atoms with Gasteiger partial charge in [0, 0.05) is 0 Å². The van der Waals surface area contributed by atoms with Crippen molar-refractivity contribution in [2.75, 3.05) is 11.9 Å². The lowest BCUT2D eigenvalue weighted by Crippen LogP contribution is -2.13. The number of benzene rings is 2. The van der Waals surface area contributed by atoms with Gasteiger partial charge in [0.25, 0.3) is 5.91 Å². The largest absolute Gasteiger partial charge is 0.494 e. The van der Waals surface area contributed by atoms with Crippen LogP contribution in [-0.2, 0) is 4.79 Å². The van der Waals surface area contributed by atoms with Gasteiger partial charge in [0.15, 0.2) is 0 Å². The van der Waals surface area contributed by atoms with Crippen molar-refractivity contribution >= 4 is 29.3 Å². The predicted molar refractivity (Wildman–Crippen MR) is 119 cm³/mol. The first kappa shape index (κ1) is 22.5. The van der Waals surface area contributed by atoms with Crippen molar-refractivity contribution in [1.82, 2.24) is 0 Å². The minimum absolute atomic E-state index is 0.00525. The SMILES string of the molecule is CCCCCCCCOc1ccc(/C=C(\C#N)C(=O)Nc2ccccc2Cl)cc1. The highest BCUT2D eigenvalue weighted by molar-refractivity contribution is 6.34. The average molecular weight is 411 g/mol. The Morgan fingerprint density at radius 1 is 1.07 bits per heavy atom. The molecule has 2 rings (SSSR count). The van der Waals surface area contributed by atoms with Crippen molar-refractivity contribution in [3.8, 4) is 11.8 Å². The van der Waals surface area contributed by atoms with Crippen molar-refractivity contribution < 1.29 is 9.53 Å². The molecule has 0 radical (unpaired) electrons. The summed E-state index contributed by atoms with van der Waals surface area (Å²) in [4.78, 5) is 12.4. The number of unbranched alkanes of at least 4 members (excludes halogenated alkanes) is 5. The zero-order valence-electron chi connectivity index (χ0n) is 16.8. The fourth-order valence-electron chi connectivity index (χ4n) is 2.80. The molecule has 0 heterocycles. The van der Waals surface area contributed by atoms with Gasteiger partial charge in [0.2, 0.25) is 0 Å². The summed E-state index contributed by atoms with van der Waals surface area (Å²) in [6, 6.07) is 16.2. The zero-order valence-corrected chi connectivity index (χ0v) is 17.5. The summed E-state index contributed by atoms with van der Waals surface area (Å²) in [6.07, 6.45) is 8.89. The van der Waals surface area contributed by atoms with Gasteiger partial charge in [-0.2, -0.15) is 5.26 Å². The monoisotopic (exact) mass is 410 g/mol. The molecule has 1 amide bonds. The maximum Gasteiger partial charge on any atom is 0.266 e. The van der Waals surface area contributed by atoms with E-state index in [1.54, 1.807) is 30.3 Å². The molecule has 152 valence electrons. The van der Waals surface area contributed by atoms with Gasteiger partial charge >= 0.3 is 0 Å². The topological polar surface area (TPSA) is 62.1 Å². The van der Waals surface area contributed by atoms with E-state index in [1.165, 1.54) is 32.1 Å². The number of nitrogens with one attached hydrogen (secondary N) is 1. The summed E-state index contributed by atoms with van der Waals surface area (Å²) in [5.74, 6) is 0.290. The molecule has 0 unspecified atom stereocenters. The number of hydrogen-bond donors (Lipinski definition) is 1. The normalized spacial score (nSPS) is 11.0. The van der Waals surface area contributed by atoms with Crippen molar-refractivity contribution in [3.05, 3.63) is 64.7 Å². The molecule has 0 aliphatic heterocycles. The highest BCUT2D eigenvalue weighted by Crippen LogP contribution is 2.21. The molecule has 0 bridgehead atoms. The number of amides is 1. The number of anilines is 1. The van der Waals surface area contributed by atoms with Gasteiger partial charge in [-0.1, -0.05) is 74.9 Å². The minimum Gasteiger partial charge on any atom is -0.494 e. The van der Waals surface area contributed by atoms with Crippen LogP contribution in [0.1, 0.15) is 51.0 Å². The number of hydrogen-bond acceptors (Lipinski definition) is 3. The number of para-hydroxylation sites is 1. The number of carbonyl (C=O) groups excluding carboxylic acids is 1. The number of nitriles is 1. The fraction of sp³-hybridized carbons (Fsp3) is 0.333. The Morgan fingerprint density at radius 3 is 2.45 bits per heavy atom. The van der Waals surface area contributed by atoms with Crippen LogP contribution in [0.5, 0.6) is 5.75 Å². The first-order valence-corrected chi connectivity index (χ1v) is 10.4. The number of halogens is 1. The minimum atomic E-state index is -0.496. The third-order valence-corrected chi connectivity index (χ3v) is 4.77. The fourth-order valence-corrected chi connectivity index (χ4v) is 2.98. The van der Waals surface area contributed by atoms with E-state index in [1.807, 2.05) is 30.3 Å². The molecule has 0 spiro atoms. The smallest absolute Gasteiger partial charge is 0.266 e. The van der Waals surface area contributed by atoms with E-state index in [9.17, 15) is 10.1 Å². The Balaban J connectivity index is 1.87. The van der Waals surface area contributed by atoms with Crippen molar-refractivity contribution in [2.45, 2.75) is 45.4 Å². The number of nitrogens with zero attached hydrogens (tertiary/aromatic N) is 1. The zero-order chi connectivity index (χ0) is 20.9. The summed E-state index contributed by atoms with van der Waals surface area (Å²) >= 11 is 6.05. The molecule has 5 heteroatoms. The van der Waals surface area contributed by atoms with Gasteiger partial charge in [-0.25, -0.2) is 0 Å². The molecule has 0 saturated heterocycles. The summed E-state index contributed by atoms with van der Waals surface area (Å²) in [5, 5.41) is 12.4. The van der Waals surface area contributed by atoms with E-state index in [-0.39, 0.29) is 5.57 Å². The van der Waals surface area contributed by atoms with Crippen molar-refractivity contribution in [3.63, 3.8) is 0 Å². The predicted octanol–water partition coefficient (Wildman–Crippen LogP) is 6.62. The molecule has 0 saturated carbocycles. The Labute approximate surface area is 178 Å². The average Bonchev–Trinajstić information content (AvgIpc) is 2.74. The number of carbonyl (C=O) groups is 1. The highest BCUT2D eigenvalue weighted by atomic mass is 35.5.